The second-order valence-corrected chi connectivity index (χ2v) is 6.77. The zero-order chi connectivity index (χ0) is 18.6. The molecule has 4 rings (SSSR count). The number of aromatic nitrogens is 4. The second-order valence-electron chi connectivity index (χ2n) is 6.77. The van der Waals surface area contributed by atoms with Crippen LogP contribution < -0.4 is 10.6 Å². The van der Waals surface area contributed by atoms with E-state index < -0.39 is 0 Å². The number of benzene rings is 1. The quantitative estimate of drug-likeness (QED) is 0.771. The van der Waals surface area contributed by atoms with Crippen molar-refractivity contribution in [2.75, 3.05) is 18.0 Å². The van der Waals surface area contributed by atoms with E-state index in [9.17, 15) is 4.79 Å². The molecular formula is C20H20N6O. The van der Waals surface area contributed by atoms with Crippen LogP contribution in [0.5, 0.6) is 0 Å². The molecule has 1 fully saturated rings. The summed E-state index contributed by atoms with van der Waals surface area (Å²) in [6, 6.07) is 15.3. The van der Waals surface area contributed by atoms with E-state index in [1.54, 1.807) is 16.8 Å². The van der Waals surface area contributed by atoms with Gasteiger partial charge >= 0.3 is 5.69 Å². The van der Waals surface area contributed by atoms with Gasteiger partial charge in [0.05, 0.1) is 17.3 Å². The zero-order valence-corrected chi connectivity index (χ0v) is 14.9. The Morgan fingerprint density at radius 2 is 1.96 bits per heavy atom. The molecule has 1 aliphatic rings. The highest BCUT2D eigenvalue weighted by molar-refractivity contribution is 5.45. The van der Waals surface area contributed by atoms with Gasteiger partial charge < -0.3 is 4.90 Å². The SMILES string of the molecule is N#Cc1ccnc(N2CCC(Cc3n[nH]c(=O)n3-c3ccccc3)CC2)c1. The van der Waals surface area contributed by atoms with Crippen LogP contribution in [0.2, 0.25) is 0 Å². The normalized spacial score (nSPS) is 14.9. The van der Waals surface area contributed by atoms with Crippen molar-refractivity contribution in [1.29, 1.82) is 5.26 Å². The zero-order valence-electron chi connectivity index (χ0n) is 14.9. The van der Waals surface area contributed by atoms with Gasteiger partial charge in [-0.1, -0.05) is 18.2 Å². The van der Waals surface area contributed by atoms with Crippen LogP contribution in [0.15, 0.2) is 53.5 Å². The molecule has 3 heterocycles. The third-order valence-electron chi connectivity index (χ3n) is 5.04. The number of pyridine rings is 1. The first-order valence-corrected chi connectivity index (χ1v) is 9.07. The van der Waals surface area contributed by atoms with Crippen molar-refractivity contribution in [2.24, 2.45) is 5.92 Å². The molecular weight excluding hydrogens is 340 g/mol. The highest BCUT2D eigenvalue weighted by Gasteiger charge is 2.23. The van der Waals surface area contributed by atoms with Crippen LogP contribution >= 0.6 is 0 Å². The average Bonchev–Trinajstić information content (AvgIpc) is 3.09. The molecule has 0 atom stereocenters. The summed E-state index contributed by atoms with van der Waals surface area (Å²) >= 11 is 0. The minimum Gasteiger partial charge on any atom is -0.357 e. The summed E-state index contributed by atoms with van der Waals surface area (Å²) in [5.74, 6) is 2.08. The van der Waals surface area contributed by atoms with Gasteiger partial charge in [-0.3, -0.25) is 0 Å². The Bertz CT molecular complexity index is 1010. The van der Waals surface area contributed by atoms with Gasteiger partial charge in [-0.2, -0.15) is 10.4 Å². The molecule has 27 heavy (non-hydrogen) atoms. The van der Waals surface area contributed by atoms with Gasteiger partial charge in [0, 0.05) is 25.7 Å². The summed E-state index contributed by atoms with van der Waals surface area (Å²) in [7, 11) is 0. The fraction of sp³-hybridized carbons (Fsp3) is 0.300. The van der Waals surface area contributed by atoms with Crippen LogP contribution in [0.25, 0.3) is 5.69 Å². The van der Waals surface area contributed by atoms with Crippen LogP contribution in [0.4, 0.5) is 5.82 Å². The lowest BCUT2D eigenvalue weighted by molar-refractivity contribution is 0.393. The largest absolute Gasteiger partial charge is 0.357 e. The minimum absolute atomic E-state index is 0.203. The van der Waals surface area contributed by atoms with Gasteiger partial charge in [-0.25, -0.2) is 19.4 Å². The van der Waals surface area contributed by atoms with Crippen molar-refractivity contribution < 1.29 is 0 Å². The lowest BCUT2D eigenvalue weighted by atomic mass is 9.93. The Morgan fingerprint density at radius 1 is 1.19 bits per heavy atom. The van der Waals surface area contributed by atoms with Gasteiger partial charge in [-0.05, 0) is 43.0 Å². The average molecular weight is 360 g/mol. The van der Waals surface area contributed by atoms with E-state index in [2.05, 4.69) is 26.2 Å². The first-order chi connectivity index (χ1) is 13.2. The topological polar surface area (TPSA) is 90.6 Å². The fourth-order valence-electron chi connectivity index (χ4n) is 3.60. The third kappa shape index (κ3) is 3.60. The van der Waals surface area contributed by atoms with Gasteiger partial charge in [0.2, 0.25) is 0 Å². The number of para-hydroxylation sites is 1. The number of hydrogen-bond donors (Lipinski definition) is 1. The Labute approximate surface area is 156 Å². The van der Waals surface area contributed by atoms with Crippen LogP contribution in [-0.2, 0) is 6.42 Å². The molecule has 1 aliphatic heterocycles. The summed E-state index contributed by atoms with van der Waals surface area (Å²) in [5.41, 5.74) is 1.26. The van der Waals surface area contributed by atoms with Crippen molar-refractivity contribution in [3.63, 3.8) is 0 Å². The van der Waals surface area contributed by atoms with Crippen LogP contribution in [0.3, 0.4) is 0 Å². The maximum absolute atomic E-state index is 12.2. The van der Waals surface area contributed by atoms with Gasteiger partial charge in [0.15, 0.2) is 0 Å². The van der Waals surface area contributed by atoms with E-state index in [0.29, 0.717) is 11.5 Å². The van der Waals surface area contributed by atoms with Crippen molar-refractivity contribution in [3.8, 4) is 11.8 Å². The monoisotopic (exact) mass is 360 g/mol. The molecule has 0 bridgehead atoms. The standard InChI is InChI=1S/C20H20N6O/c21-14-16-6-9-22-18(13-16)25-10-7-15(8-11-25)12-19-23-24-20(27)26(19)17-4-2-1-3-5-17/h1-6,9,13,15H,7-8,10-12H2,(H,24,27). The smallest absolute Gasteiger partial charge is 0.347 e. The van der Waals surface area contributed by atoms with E-state index in [1.807, 2.05) is 36.4 Å². The Morgan fingerprint density at radius 3 is 2.70 bits per heavy atom. The maximum atomic E-state index is 12.2. The van der Waals surface area contributed by atoms with Crippen LogP contribution in [0.1, 0.15) is 24.2 Å². The van der Waals surface area contributed by atoms with Crippen molar-refractivity contribution in [2.45, 2.75) is 19.3 Å². The van der Waals surface area contributed by atoms with Gasteiger partial charge in [0.1, 0.15) is 11.6 Å². The number of H-pyrrole nitrogens is 1. The van der Waals surface area contributed by atoms with Crippen LogP contribution in [0, 0.1) is 17.2 Å². The molecule has 3 aromatic rings. The molecule has 0 unspecified atom stereocenters. The summed E-state index contributed by atoms with van der Waals surface area (Å²) in [6.07, 6.45) is 4.43. The van der Waals surface area contributed by atoms with E-state index >= 15 is 0 Å². The Hall–Kier alpha value is -3.40. The molecule has 0 saturated carbocycles. The van der Waals surface area contributed by atoms with Crippen LogP contribution in [-0.4, -0.2) is 32.8 Å². The molecule has 7 nitrogen and oxygen atoms in total. The minimum atomic E-state index is -0.203. The Kier molecular flexibility index (Phi) is 4.71. The molecule has 1 saturated heterocycles. The molecule has 136 valence electrons. The van der Waals surface area contributed by atoms with Crippen molar-refractivity contribution in [3.05, 3.63) is 70.5 Å². The number of nitrogens with one attached hydrogen (secondary N) is 1. The molecule has 7 heteroatoms. The van der Waals surface area contributed by atoms with Crippen molar-refractivity contribution >= 4 is 5.82 Å². The van der Waals surface area contributed by atoms with Gasteiger partial charge in [0.25, 0.3) is 0 Å². The molecule has 1 N–H and O–H groups in total. The van der Waals surface area contributed by atoms with Gasteiger partial charge in [-0.15, -0.1) is 0 Å². The number of rotatable bonds is 4. The predicted octanol–water partition coefficient (Wildman–Crippen LogP) is 2.29. The van der Waals surface area contributed by atoms with E-state index in [-0.39, 0.29) is 5.69 Å². The third-order valence-corrected chi connectivity index (χ3v) is 5.04. The summed E-state index contributed by atoms with van der Waals surface area (Å²) in [6.45, 7) is 1.76. The van der Waals surface area contributed by atoms with Crippen molar-refractivity contribution in [1.82, 2.24) is 19.7 Å². The number of piperidine rings is 1. The molecule has 0 radical (unpaired) electrons. The lowest BCUT2D eigenvalue weighted by Crippen LogP contribution is -2.35. The molecule has 0 spiro atoms. The molecule has 1 aromatic carbocycles. The van der Waals surface area contributed by atoms with E-state index in [0.717, 1.165) is 49.7 Å². The maximum Gasteiger partial charge on any atom is 0.347 e. The highest BCUT2D eigenvalue weighted by Crippen LogP contribution is 2.25. The molecule has 0 aliphatic carbocycles. The second kappa shape index (κ2) is 7.46. The first-order valence-electron chi connectivity index (χ1n) is 9.07. The summed E-state index contributed by atoms with van der Waals surface area (Å²) in [5, 5.41) is 15.9. The van der Waals surface area contributed by atoms with E-state index in [4.69, 9.17) is 5.26 Å². The number of nitrogens with zero attached hydrogens (tertiary/aromatic N) is 5. The fourth-order valence-corrected chi connectivity index (χ4v) is 3.60. The molecule has 2 aromatic heterocycles. The number of anilines is 1. The summed E-state index contributed by atoms with van der Waals surface area (Å²) < 4.78 is 1.66. The predicted molar refractivity (Wildman–Crippen MR) is 102 cm³/mol. The van der Waals surface area contributed by atoms with E-state index in [1.165, 1.54) is 0 Å². The lowest BCUT2D eigenvalue weighted by Gasteiger charge is -2.32. The number of hydrogen-bond acceptors (Lipinski definition) is 5. The highest BCUT2D eigenvalue weighted by atomic mass is 16.1. The summed E-state index contributed by atoms with van der Waals surface area (Å²) in [4.78, 5) is 18.8. The first kappa shape index (κ1) is 17.0. The molecule has 0 amide bonds. The Balaban J connectivity index is 1.45. The number of aromatic amines is 1. The number of nitriles is 1.